The van der Waals surface area contributed by atoms with E-state index in [-0.39, 0.29) is 25.7 Å². The minimum atomic E-state index is -1.14. The van der Waals surface area contributed by atoms with Crippen LogP contribution in [0.2, 0.25) is 0 Å². The number of hydrogen-bond acceptors (Lipinski definition) is 6. The van der Waals surface area contributed by atoms with Crippen LogP contribution in [-0.4, -0.2) is 80.0 Å². The third-order valence-corrected chi connectivity index (χ3v) is 6.16. The van der Waals surface area contributed by atoms with Crippen LogP contribution in [0.15, 0.2) is 48.5 Å². The van der Waals surface area contributed by atoms with Crippen LogP contribution in [0.5, 0.6) is 0 Å². The van der Waals surface area contributed by atoms with Crippen LogP contribution in [0.4, 0.5) is 4.79 Å². The number of hydrogen-bond donors (Lipinski definition) is 3. The van der Waals surface area contributed by atoms with Gasteiger partial charge in [-0.15, -0.1) is 0 Å². The zero-order chi connectivity index (χ0) is 24.2. The first-order valence-corrected chi connectivity index (χ1v) is 11.3. The maximum atomic E-state index is 12.7. The number of carboxylic acid groups (broad SMARTS) is 1. The van der Waals surface area contributed by atoms with E-state index in [4.69, 9.17) is 9.47 Å². The van der Waals surface area contributed by atoms with Crippen LogP contribution in [-0.2, 0) is 19.1 Å². The smallest absolute Gasteiger partial charge is 0.407 e. The third-order valence-electron chi connectivity index (χ3n) is 6.16. The molecule has 0 spiro atoms. The van der Waals surface area contributed by atoms with E-state index in [9.17, 15) is 19.5 Å². The lowest BCUT2D eigenvalue weighted by molar-refractivity contribution is -0.144. The van der Waals surface area contributed by atoms with Crippen molar-refractivity contribution in [2.24, 2.45) is 0 Å². The number of likely N-dealkylation sites (N-methyl/N-ethyl adjacent to an activating group) is 1. The number of nitrogens with zero attached hydrogens (tertiary/aromatic N) is 1. The van der Waals surface area contributed by atoms with Gasteiger partial charge in [-0.1, -0.05) is 48.5 Å². The molecule has 2 amide bonds. The van der Waals surface area contributed by atoms with E-state index in [2.05, 4.69) is 22.8 Å². The van der Waals surface area contributed by atoms with Gasteiger partial charge in [-0.05, 0) is 42.8 Å². The van der Waals surface area contributed by atoms with Crippen molar-refractivity contribution in [1.82, 2.24) is 15.5 Å². The zero-order valence-electron chi connectivity index (χ0n) is 19.2. The van der Waals surface area contributed by atoms with E-state index in [1.54, 1.807) is 19.0 Å². The lowest BCUT2D eigenvalue weighted by atomic mass is 9.98. The lowest BCUT2D eigenvalue weighted by Crippen LogP contribution is -2.54. The molecule has 9 heteroatoms. The molecule has 0 unspecified atom stereocenters. The number of aliphatic carboxylic acids is 1. The van der Waals surface area contributed by atoms with E-state index in [0.29, 0.717) is 6.42 Å². The fourth-order valence-electron chi connectivity index (χ4n) is 4.59. The Balaban J connectivity index is 1.36. The molecule has 1 fully saturated rings. The predicted octanol–water partition coefficient (Wildman–Crippen LogP) is 1.81. The summed E-state index contributed by atoms with van der Waals surface area (Å²) in [5, 5.41) is 14.6. The van der Waals surface area contributed by atoms with Crippen LogP contribution in [0.25, 0.3) is 11.1 Å². The monoisotopic (exact) mass is 467 g/mol. The van der Waals surface area contributed by atoms with Crippen molar-refractivity contribution >= 4 is 18.0 Å². The molecule has 2 aromatic carbocycles. The van der Waals surface area contributed by atoms with Gasteiger partial charge in [0, 0.05) is 19.1 Å². The molecule has 9 nitrogen and oxygen atoms in total. The molecular formula is C25H29N3O6. The summed E-state index contributed by atoms with van der Waals surface area (Å²) < 4.78 is 11.1. The Morgan fingerprint density at radius 1 is 1.09 bits per heavy atom. The molecule has 0 saturated carbocycles. The lowest BCUT2D eigenvalue weighted by Gasteiger charge is -2.23. The number of carbonyl (C=O) groups excluding carboxylic acids is 2. The minimum Gasteiger partial charge on any atom is -0.480 e. The predicted molar refractivity (Wildman–Crippen MR) is 124 cm³/mol. The third kappa shape index (κ3) is 5.05. The van der Waals surface area contributed by atoms with E-state index < -0.39 is 36.2 Å². The minimum absolute atomic E-state index is 0.0700. The van der Waals surface area contributed by atoms with Gasteiger partial charge in [0.05, 0.1) is 6.04 Å². The fraction of sp³-hybridized carbons (Fsp3) is 0.400. The van der Waals surface area contributed by atoms with Gasteiger partial charge < -0.3 is 30.1 Å². The Bertz CT molecular complexity index is 1030. The topological polar surface area (TPSA) is 117 Å². The summed E-state index contributed by atoms with van der Waals surface area (Å²) in [7, 11) is 3.44. The summed E-state index contributed by atoms with van der Waals surface area (Å²) in [6, 6.07) is 14.4. The highest BCUT2D eigenvalue weighted by atomic mass is 16.6. The Morgan fingerprint density at radius 2 is 1.71 bits per heavy atom. The van der Waals surface area contributed by atoms with Crippen molar-refractivity contribution in [2.45, 2.75) is 30.5 Å². The van der Waals surface area contributed by atoms with Crippen LogP contribution in [0.1, 0.15) is 23.5 Å². The first-order valence-electron chi connectivity index (χ1n) is 11.3. The second kappa shape index (κ2) is 10.2. The van der Waals surface area contributed by atoms with Gasteiger partial charge in [-0.2, -0.15) is 0 Å². The SMILES string of the molecule is CN(C)C[C@H](NC(=O)[C@@H]1OCC[C@@H]1NC(=O)OCC1c2ccccc2-c2ccccc21)C(=O)O. The molecule has 4 rings (SSSR count). The quantitative estimate of drug-likeness (QED) is 0.542. The van der Waals surface area contributed by atoms with Crippen molar-refractivity contribution in [3.05, 3.63) is 59.7 Å². The Morgan fingerprint density at radius 3 is 2.29 bits per heavy atom. The highest BCUT2D eigenvalue weighted by molar-refractivity contribution is 5.87. The molecule has 2 aliphatic rings. The number of nitrogens with one attached hydrogen (secondary N) is 2. The molecule has 1 aliphatic carbocycles. The number of benzene rings is 2. The molecule has 180 valence electrons. The van der Waals surface area contributed by atoms with Gasteiger partial charge in [-0.3, -0.25) is 4.79 Å². The number of alkyl carbamates (subject to hydrolysis) is 1. The molecule has 1 heterocycles. The number of amides is 2. The molecule has 2 aromatic rings. The summed E-state index contributed by atoms with van der Waals surface area (Å²) in [4.78, 5) is 38.4. The standard InChI is InChI=1S/C25H29N3O6/c1-28(2)13-21(24(30)31)26-23(29)22-20(11-12-33-22)27-25(32)34-14-19-17-9-5-3-7-15(17)16-8-4-6-10-18(16)19/h3-10,19-22H,11-14H2,1-2H3,(H,26,29)(H,27,32)(H,30,31)/t20-,21-,22+/m0/s1. The van der Waals surface area contributed by atoms with E-state index >= 15 is 0 Å². The Kier molecular flexibility index (Phi) is 7.14. The van der Waals surface area contributed by atoms with Gasteiger partial charge in [0.2, 0.25) is 0 Å². The van der Waals surface area contributed by atoms with Crippen molar-refractivity contribution in [1.29, 1.82) is 0 Å². The first kappa shape index (κ1) is 23.7. The van der Waals surface area contributed by atoms with E-state index in [1.165, 1.54) is 0 Å². The van der Waals surface area contributed by atoms with Gasteiger partial charge >= 0.3 is 12.1 Å². The van der Waals surface area contributed by atoms with Crippen molar-refractivity contribution < 1.29 is 29.0 Å². The molecule has 0 radical (unpaired) electrons. The van der Waals surface area contributed by atoms with Crippen LogP contribution in [0.3, 0.4) is 0 Å². The highest BCUT2D eigenvalue weighted by Gasteiger charge is 2.38. The molecule has 34 heavy (non-hydrogen) atoms. The number of rotatable bonds is 8. The van der Waals surface area contributed by atoms with Crippen molar-refractivity contribution in [3.8, 4) is 11.1 Å². The molecule has 3 N–H and O–H groups in total. The number of ether oxygens (including phenoxy) is 2. The Hall–Kier alpha value is -3.43. The van der Waals surface area contributed by atoms with Gasteiger partial charge in [-0.25, -0.2) is 9.59 Å². The van der Waals surface area contributed by atoms with Crippen molar-refractivity contribution in [2.75, 3.05) is 33.9 Å². The van der Waals surface area contributed by atoms with E-state index in [0.717, 1.165) is 22.3 Å². The largest absolute Gasteiger partial charge is 0.480 e. The fourth-order valence-corrected chi connectivity index (χ4v) is 4.59. The van der Waals surface area contributed by atoms with Crippen LogP contribution in [0, 0.1) is 0 Å². The van der Waals surface area contributed by atoms with Crippen LogP contribution < -0.4 is 10.6 Å². The first-order chi connectivity index (χ1) is 16.3. The van der Waals surface area contributed by atoms with Gasteiger partial charge in [0.25, 0.3) is 5.91 Å². The Labute approximate surface area is 198 Å². The zero-order valence-corrected chi connectivity index (χ0v) is 19.2. The number of carboxylic acids is 1. The summed E-state index contributed by atoms with van der Waals surface area (Å²) in [6.07, 6.45) is -1.20. The second-order valence-corrected chi connectivity index (χ2v) is 8.82. The van der Waals surface area contributed by atoms with Crippen molar-refractivity contribution in [3.63, 3.8) is 0 Å². The number of fused-ring (bicyclic) bond motifs is 3. The van der Waals surface area contributed by atoms with Gasteiger partial charge in [0.15, 0.2) is 6.10 Å². The van der Waals surface area contributed by atoms with Gasteiger partial charge in [0.1, 0.15) is 12.6 Å². The summed E-state index contributed by atoms with van der Waals surface area (Å²) in [5.41, 5.74) is 4.50. The second-order valence-electron chi connectivity index (χ2n) is 8.82. The maximum Gasteiger partial charge on any atom is 0.407 e. The normalized spacial score (nSPS) is 19.9. The molecule has 1 aliphatic heterocycles. The number of carbonyl (C=O) groups is 3. The maximum absolute atomic E-state index is 12.7. The molecule has 0 aromatic heterocycles. The molecule has 0 bridgehead atoms. The van der Waals surface area contributed by atoms with Crippen LogP contribution >= 0.6 is 0 Å². The summed E-state index contributed by atoms with van der Waals surface area (Å²) >= 11 is 0. The molecular weight excluding hydrogens is 438 g/mol. The molecule has 3 atom stereocenters. The summed E-state index contributed by atoms with van der Waals surface area (Å²) in [5.74, 6) is -1.78. The average Bonchev–Trinajstić information content (AvgIpc) is 3.39. The highest BCUT2D eigenvalue weighted by Crippen LogP contribution is 2.44. The van der Waals surface area contributed by atoms with E-state index in [1.807, 2.05) is 36.4 Å². The average molecular weight is 468 g/mol. The summed E-state index contributed by atoms with van der Waals surface area (Å²) in [6.45, 7) is 0.574. The molecule has 1 saturated heterocycles.